The second-order valence-electron chi connectivity index (χ2n) is 4.69. The first-order valence-corrected chi connectivity index (χ1v) is 6.48. The molecule has 0 heterocycles. The average Bonchev–Trinajstić information content (AvgIpc) is 2.45. The van der Waals surface area contributed by atoms with E-state index in [0.717, 1.165) is 17.9 Å². The van der Waals surface area contributed by atoms with Crippen LogP contribution in [-0.4, -0.2) is 21.1 Å². The third kappa shape index (κ3) is 3.19. The Morgan fingerprint density at radius 2 is 1.58 bits per heavy atom. The number of anilines is 3. The number of rotatable bonds is 5. The van der Waals surface area contributed by atoms with Crippen molar-refractivity contribution >= 4 is 17.1 Å². The molecule has 0 aliphatic carbocycles. The Morgan fingerprint density at radius 1 is 0.895 bits per heavy atom. The van der Waals surface area contributed by atoms with E-state index >= 15 is 0 Å². The van der Waals surface area contributed by atoms with E-state index in [1.165, 1.54) is 11.3 Å². The van der Waals surface area contributed by atoms with Crippen LogP contribution < -0.4 is 15.5 Å². The van der Waals surface area contributed by atoms with Crippen LogP contribution in [-0.2, 0) is 6.54 Å². The normalized spacial score (nSPS) is 10.1. The van der Waals surface area contributed by atoms with E-state index in [1.54, 1.807) is 0 Å². The second kappa shape index (κ2) is 6.14. The minimum Gasteiger partial charge on any atom is -0.386 e. The minimum absolute atomic E-state index is 0.828. The number of hydrogen-bond acceptors (Lipinski definition) is 3. The third-order valence-corrected chi connectivity index (χ3v) is 3.08. The number of benzene rings is 2. The molecule has 2 aromatic carbocycles. The molecule has 0 spiro atoms. The highest BCUT2D eigenvalue weighted by atomic mass is 15.1. The quantitative estimate of drug-likeness (QED) is 0.857. The largest absolute Gasteiger partial charge is 0.386 e. The summed E-state index contributed by atoms with van der Waals surface area (Å²) in [4.78, 5) is 2.12. The van der Waals surface area contributed by atoms with Gasteiger partial charge in [0.25, 0.3) is 0 Å². The Bertz CT molecular complexity index is 521. The van der Waals surface area contributed by atoms with Crippen LogP contribution in [0.2, 0.25) is 0 Å². The van der Waals surface area contributed by atoms with Crippen molar-refractivity contribution in [2.24, 2.45) is 0 Å². The van der Waals surface area contributed by atoms with Crippen LogP contribution in [0.1, 0.15) is 5.56 Å². The predicted molar refractivity (Wildman–Crippen MR) is 84.1 cm³/mol. The molecule has 0 saturated carbocycles. The first kappa shape index (κ1) is 13.3. The lowest BCUT2D eigenvalue weighted by atomic mass is 10.2. The molecule has 0 aromatic heterocycles. The van der Waals surface area contributed by atoms with Crippen LogP contribution in [0.3, 0.4) is 0 Å². The fraction of sp³-hybridized carbons (Fsp3) is 0.250. The number of hydrogen-bond donors (Lipinski definition) is 2. The molecule has 0 saturated heterocycles. The first-order chi connectivity index (χ1) is 9.22. The van der Waals surface area contributed by atoms with Crippen LogP contribution in [0.25, 0.3) is 0 Å². The molecule has 0 amide bonds. The molecule has 0 aliphatic heterocycles. The van der Waals surface area contributed by atoms with Crippen molar-refractivity contribution in [2.45, 2.75) is 6.54 Å². The van der Waals surface area contributed by atoms with Crippen molar-refractivity contribution in [2.75, 3.05) is 36.7 Å². The molecule has 2 rings (SSSR count). The van der Waals surface area contributed by atoms with Gasteiger partial charge in [-0.2, -0.15) is 0 Å². The topological polar surface area (TPSA) is 27.3 Å². The monoisotopic (exact) mass is 255 g/mol. The number of nitrogens with zero attached hydrogens (tertiary/aromatic N) is 1. The molecular weight excluding hydrogens is 234 g/mol. The van der Waals surface area contributed by atoms with Gasteiger partial charge in [-0.1, -0.05) is 36.4 Å². The van der Waals surface area contributed by atoms with Gasteiger partial charge in [-0.25, -0.2) is 0 Å². The molecule has 19 heavy (non-hydrogen) atoms. The van der Waals surface area contributed by atoms with Crippen molar-refractivity contribution in [3.63, 3.8) is 0 Å². The van der Waals surface area contributed by atoms with Crippen LogP contribution >= 0.6 is 0 Å². The molecule has 0 fully saturated rings. The van der Waals surface area contributed by atoms with Crippen molar-refractivity contribution in [1.82, 2.24) is 0 Å². The Morgan fingerprint density at radius 3 is 2.21 bits per heavy atom. The molecule has 2 N–H and O–H groups in total. The fourth-order valence-electron chi connectivity index (χ4n) is 2.16. The Hall–Kier alpha value is -2.16. The van der Waals surface area contributed by atoms with Crippen molar-refractivity contribution < 1.29 is 0 Å². The van der Waals surface area contributed by atoms with E-state index in [1.807, 2.05) is 13.1 Å². The molecule has 0 aliphatic rings. The summed E-state index contributed by atoms with van der Waals surface area (Å²) in [5.74, 6) is 0. The molecule has 0 unspecified atom stereocenters. The van der Waals surface area contributed by atoms with Gasteiger partial charge < -0.3 is 15.5 Å². The molecule has 0 atom stereocenters. The predicted octanol–water partition coefficient (Wildman–Crippen LogP) is 3.41. The lowest BCUT2D eigenvalue weighted by Gasteiger charge is -2.22. The van der Waals surface area contributed by atoms with Gasteiger partial charge in [0.15, 0.2) is 0 Å². The van der Waals surface area contributed by atoms with Crippen molar-refractivity contribution in [3.8, 4) is 0 Å². The van der Waals surface area contributed by atoms with Crippen LogP contribution in [0.5, 0.6) is 0 Å². The van der Waals surface area contributed by atoms with E-state index in [9.17, 15) is 0 Å². The lowest BCUT2D eigenvalue weighted by molar-refractivity contribution is 1.10. The zero-order chi connectivity index (χ0) is 13.7. The summed E-state index contributed by atoms with van der Waals surface area (Å²) in [7, 11) is 6.07. The average molecular weight is 255 g/mol. The Labute approximate surface area is 115 Å². The van der Waals surface area contributed by atoms with Crippen molar-refractivity contribution in [3.05, 3.63) is 54.1 Å². The first-order valence-electron chi connectivity index (χ1n) is 6.48. The Kier molecular flexibility index (Phi) is 4.29. The number of para-hydroxylation sites is 1. The van der Waals surface area contributed by atoms with Crippen LogP contribution in [0.4, 0.5) is 17.1 Å². The maximum atomic E-state index is 3.50. The molecule has 100 valence electrons. The van der Waals surface area contributed by atoms with Crippen molar-refractivity contribution in [1.29, 1.82) is 0 Å². The van der Waals surface area contributed by atoms with Gasteiger partial charge >= 0.3 is 0 Å². The smallest absolute Gasteiger partial charge is 0.0832 e. The minimum atomic E-state index is 0.828. The van der Waals surface area contributed by atoms with Crippen LogP contribution in [0, 0.1) is 0 Å². The lowest BCUT2D eigenvalue weighted by Crippen LogP contribution is -2.14. The van der Waals surface area contributed by atoms with Gasteiger partial charge in [-0.3, -0.25) is 0 Å². The summed E-state index contributed by atoms with van der Waals surface area (Å²) in [6, 6.07) is 16.7. The number of nitrogens with one attached hydrogen (secondary N) is 2. The zero-order valence-electron chi connectivity index (χ0n) is 11.8. The summed E-state index contributed by atoms with van der Waals surface area (Å²) in [5, 5.41) is 6.74. The molecule has 3 nitrogen and oxygen atoms in total. The van der Waals surface area contributed by atoms with Gasteiger partial charge in [0.1, 0.15) is 0 Å². The van der Waals surface area contributed by atoms with Gasteiger partial charge in [0.05, 0.1) is 17.1 Å². The third-order valence-electron chi connectivity index (χ3n) is 3.08. The van der Waals surface area contributed by atoms with E-state index in [4.69, 9.17) is 0 Å². The summed E-state index contributed by atoms with van der Waals surface area (Å²) in [5.41, 5.74) is 4.73. The zero-order valence-corrected chi connectivity index (χ0v) is 11.8. The molecule has 0 radical (unpaired) electrons. The van der Waals surface area contributed by atoms with Crippen LogP contribution in [0.15, 0.2) is 48.5 Å². The van der Waals surface area contributed by atoms with Gasteiger partial charge in [0.2, 0.25) is 0 Å². The maximum absolute atomic E-state index is 3.50. The molecule has 0 bridgehead atoms. The van der Waals surface area contributed by atoms with E-state index < -0.39 is 0 Å². The fourth-order valence-corrected chi connectivity index (χ4v) is 2.16. The van der Waals surface area contributed by atoms with E-state index in [0.29, 0.717) is 0 Å². The standard InChI is InChI=1S/C16H21N3/c1-17-14-10-7-11-15(16(14)19(2)3)18-12-13-8-5-4-6-9-13/h4-11,17-18H,12H2,1-3H3. The highest BCUT2D eigenvalue weighted by molar-refractivity contribution is 5.83. The summed E-state index contributed by atoms with van der Waals surface area (Å²) >= 11 is 0. The summed E-state index contributed by atoms with van der Waals surface area (Å²) in [6.45, 7) is 0.828. The van der Waals surface area contributed by atoms with Gasteiger partial charge in [-0.15, -0.1) is 0 Å². The highest BCUT2D eigenvalue weighted by Gasteiger charge is 2.08. The maximum Gasteiger partial charge on any atom is 0.0832 e. The summed E-state index contributed by atoms with van der Waals surface area (Å²) < 4.78 is 0. The Balaban J connectivity index is 2.20. The highest BCUT2D eigenvalue weighted by Crippen LogP contribution is 2.32. The second-order valence-corrected chi connectivity index (χ2v) is 4.69. The van der Waals surface area contributed by atoms with E-state index in [2.05, 4.69) is 72.1 Å². The SMILES string of the molecule is CNc1cccc(NCc2ccccc2)c1N(C)C. The molecule has 2 aromatic rings. The van der Waals surface area contributed by atoms with Gasteiger partial charge in [-0.05, 0) is 17.7 Å². The van der Waals surface area contributed by atoms with E-state index in [-0.39, 0.29) is 0 Å². The molecule has 3 heteroatoms. The summed E-state index contributed by atoms with van der Waals surface area (Å²) in [6.07, 6.45) is 0. The molecular formula is C16H21N3. The van der Waals surface area contributed by atoms with Gasteiger partial charge in [0, 0.05) is 27.7 Å².